The van der Waals surface area contributed by atoms with Crippen LogP contribution in [0.4, 0.5) is 0 Å². The second-order valence-electron chi connectivity index (χ2n) is 16.8. The maximum absolute atomic E-state index is 14.1. The molecule has 2 saturated heterocycles. The summed E-state index contributed by atoms with van der Waals surface area (Å²) in [6.07, 6.45) is 4.10. The van der Waals surface area contributed by atoms with Gasteiger partial charge in [-0.15, -0.1) is 0 Å². The molecular formula is C37H48O7Si. The molecule has 9 atom stereocenters. The lowest BCUT2D eigenvalue weighted by Crippen LogP contribution is -2.66. The van der Waals surface area contributed by atoms with Crippen molar-refractivity contribution in [3.05, 3.63) is 58.7 Å². The van der Waals surface area contributed by atoms with Gasteiger partial charge in [-0.05, 0) is 67.1 Å². The van der Waals surface area contributed by atoms with Gasteiger partial charge in [0.2, 0.25) is 0 Å². The fraction of sp³-hybridized carbons (Fsp3) is 0.649. The summed E-state index contributed by atoms with van der Waals surface area (Å²) in [5, 5.41) is 0.154. The molecule has 45 heavy (non-hydrogen) atoms. The van der Waals surface area contributed by atoms with Crippen LogP contribution in [0, 0.1) is 27.6 Å². The zero-order valence-electron chi connectivity index (χ0n) is 28.5. The molecular weight excluding hydrogens is 584 g/mol. The summed E-state index contributed by atoms with van der Waals surface area (Å²) in [6.45, 7) is 20.1. The highest BCUT2D eigenvalue weighted by atomic mass is 28.4. The van der Waals surface area contributed by atoms with Gasteiger partial charge in [0.05, 0.1) is 31.7 Å². The quantitative estimate of drug-likeness (QED) is 0.193. The van der Waals surface area contributed by atoms with Gasteiger partial charge < -0.3 is 18.6 Å². The summed E-state index contributed by atoms with van der Waals surface area (Å²) in [5.74, 6) is -0.974. The summed E-state index contributed by atoms with van der Waals surface area (Å²) < 4.78 is 25.1. The van der Waals surface area contributed by atoms with Crippen molar-refractivity contribution in [2.75, 3.05) is 7.11 Å². The first kappa shape index (κ1) is 31.1. The second kappa shape index (κ2) is 9.07. The first-order chi connectivity index (χ1) is 20.9. The molecule has 0 radical (unpaired) electrons. The third-order valence-corrected chi connectivity index (χ3v) is 18.5. The third-order valence-electron chi connectivity index (χ3n) is 14.1. The Hall–Kier alpha value is -2.55. The average molecular weight is 633 g/mol. The van der Waals surface area contributed by atoms with Gasteiger partial charge in [0.25, 0.3) is 0 Å². The molecule has 1 spiro atoms. The van der Waals surface area contributed by atoms with Crippen LogP contribution in [0.2, 0.25) is 18.1 Å². The Labute approximate surface area is 268 Å². The van der Waals surface area contributed by atoms with Crippen LogP contribution < -0.4 is 0 Å². The molecule has 0 bridgehead atoms. The minimum absolute atomic E-state index is 0.0412. The second-order valence-corrected chi connectivity index (χ2v) is 21.6. The first-order valence-corrected chi connectivity index (χ1v) is 19.4. The summed E-state index contributed by atoms with van der Waals surface area (Å²) in [6, 6.07) is 8.76. The Bertz CT molecular complexity index is 1580. The van der Waals surface area contributed by atoms with E-state index in [2.05, 4.69) is 72.0 Å². The van der Waals surface area contributed by atoms with Gasteiger partial charge in [-0.25, -0.2) is 0 Å². The van der Waals surface area contributed by atoms with E-state index in [0.717, 1.165) is 12.0 Å². The predicted octanol–water partition coefficient (Wildman–Crippen LogP) is 6.82. The van der Waals surface area contributed by atoms with Gasteiger partial charge in [-0.3, -0.25) is 14.4 Å². The smallest absolute Gasteiger partial charge is 0.317 e. The number of carbonyl (C=O) groups excluding carboxylic acids is 3. The molecule has 0 aromatic heterocycles. The highest BCUT2D eigenvalue weighted by Gasteiger charge is 2.99. The van der Waals surface area contributed by atoms with E-state index in [1.54, 1.807) is 12.2 Å². The summed E-state index contributed by atoms with van der Waals surface area (Å²) in [5.41, 5.74) is 0.469. The molecule has 4 aliphatic carbocycles. The maximum Gasteiger partial charge on any atom is 0.317 e. The number of fused-ring (bicyclic) bond motifs is 3. The summed E-state index contributed by atoms with van der Waals surface area (Å²) >= 11 is 0. The molecule has 1 aromatic carbocycles. The lowest BCUT2D eigenvalue weighted by Gasteiger charge is -2.59. The Morgan fingerprint density at radius 2 is 1.76 bits per heavy atom. The van der Waals surface area contributed by atoms with Gasteiger partial charge in [-0.2, -0.15) is 0 Å². The van der Waals surface area contributed by atoms with Crippen molar-refractivity contribution in [3.63, 3.8) is 0 Å². The zero-order chi connectivity index (χ0) is 32.8. The topological polar surface area (TPSA) is 88.1 Å². The van der Waals surface area contributed by atoms with Crippen molar-refractivity contribution >= 4 is 26.0 Å². The molecule has 4 fully saturated rings. The van der Waals surface area contributed by atoms with E-state index in [1.807, 2.05) is 13.8 Å². The molecule has 242 valence electrons. The Morgan fingerprint density at radius 3 is 2.38 bits per heavy atom. The molecule has 8 heteroatoms. The molecule has 0 N–H and O–H groups in total. The van der Waals surface area contributed by atoms with Crippen LogP contribution in [0.5, 0.6) is 0 Å². The Morgan fingerprint density at radius 1 is 1.09 bits per heavy atom. The maximum atomic E-state index is 14.1. The molecule has 2 saturated carbocycles. The van der Waals surface area contributed by atoms with E-state index in [0.29, 0.717) is 13.0 Å². The first-order valence-electron chi connectivity index (χ1n) is 16.5. The van der Waals surface area contributed by atoms with Crippen molar-refractivity contribution in [1.82, 2.24) is 0 Å². The van der Waals surface area contributed by atoms with E-state index in [9.17, 15) is 14.4 Å². The number of allylic oxidation sites excluding steroid dienone is 2. The van der Waals surface area contributed by atoms with Crippen LogP contribution in [0.15, 0.2) is 47.6 Å². The lowest BCUT2D eigenvalue weighted by molar-refractivity contribution is -0.190. The van der Waals surface area contributed by atoms with Crippen molar-refractivity contribution in [3.8, 4) is 0 Å². The number of ether oxygens (including phenoxy) is 3. The van der Waals surface area contributed by atoms with Gasteiger partial charge in [-0.1, -0.05) is 70.5 Å². The number of carbonyl (C=O) groups is 3. The SMILES string of the molecule is COC(=O)CC1[C@]2(C)C3=C(C)[C@H](c4ccc(CO[Si](C)(C)C(C)(C)C)cc4)C[C@H]3O[C@@H]2[C@@]23C[C@@]24[C@@](C)(C=CC(=O)[C@]14C)C(=O)O3. The van der Waals surface area contributed by atoms with Crippen LogP contribution >= 0.6 is 0 Å². The number of hydrogen-bond acceptors (Lipinski definition) is 7. The van der Waals surface area contributed by atoms with Crippen molar-refractivity contribution in [1.29, 1.82) is 0 Å². The minimum atomic E-state index is -1.86. The van der Waals surface area contributed by atoms with Crippen LogP contribution in [0.25, 0.3) is 0 Å². The third kappa shape index (κ3) is 3.46. The number of methoxy groups -OCH3 is 1. The highest BCUT2D eigenvalue weighted by molar-refractivity contribution is 6.74. The summed E-state index contributed by atoms with van der Waals surface area (Å²) in [4.78, 5) is 40.9. The fourth-order valence-corrected chi connectivity index (χ4v) is 11.6. The largest absolute Gasteiger partial charge is 0.469 e. The molecule has 2 heterocycles. The predicted molar refractivity (Wildman–Crippen MR) is 172 cm³/mol. The van der Waals surface area contributed by atoms with Gasteiger partial charge in [0, 0.05) is 28.6 Å². The van der Waals surface area contributed by atoms with Crippen LogP contribution in [-0.2, 0) is 39.6 Å². The van der Waals surface area contributed by atoms with Crippen LogP contribution in [0.3, 0.4) is 0 Å². The average Bonchev–Trinajstić information content (AvgIpc) is 3.31. The number of rotatable bonds is 6. The molecule has 6 aliphatic rings. The minimum Gasteiger partial charge on any atom is -0.469 e. The van der Waals surface area contributed by atoms with Crippen molar-refractivity contribution < 1.29 is 33.0 Å². The fourth-order valence-electron chi connectivity index (χ4n) is 10.6. The number of ketones is 1. The normalized spacial score (nSPS) is 42.6. The molecule has 0 amide bonds. The van der Waals surface area contributed by atoms with Gasteiger partial charge >= 0.3 is 11.9 Å². The monoisotopic (exact) mass is 632 g/mol. The Balaban J connectivity index is 1.28. The number of esters is 2. The lowest BCUT2D eigenvalue weighted by atomic mass is 9.41. The molecule has 1 unspecified atom stereocenters. The van der Waals surface area contributed by atoms with E-state index in [1.165, 1.54) is 23.8 Å². The number of benzene rings is 1. The number of hydrogen-bond donors (Lipinski definition) is 0. The van der Waals surface area contributed by atoms with E-state index in [4.69, 9.17) is 18.6 Å². The van der Waals surface area contributed by atoms with Crippen molar-refractivity contribution in [2.24, 2.45) is 27.6 Å². The molecule has 7 nitrogen and oxygen atoms in total. The molecule has 1 aromatic rings. The standard InChI is InChI=1S/C37H48O7Si/c1-21-24(23-13-11-22(12-14-23)19-42-45(9,10)32(2,3)4)17-25-29(21)34(6)26(18-28(39)41-8)35(7)27(38)15-16-33(5)31(40)44-36(30(34)43-25)20-37(33,35)36/h11-16,24-26,30H,17-20H2,1-10H3/t24-,25-,26?,30+,33+,34-,35+,36+,37+/m1/s1. The van der Waals surface area contributed by atoms with Gasteiger partial charge in [0.15, 0.2) is 14.1 Å². The highest BCUT2D eigenvalue weighted by Crippen LogP contribution is 2.90. The van der Waals surface area contributed by atoms with Gasteiger partial charge in [0.1, 0.15) is 11.7 Å². The van der Waals surface area contributed by atoms with E-state index < -0.39 is 47.6 Å². The summed E-state index contributed by atoms with van der Waals surface area (Å²) in [7, 11) is -0.462. The Kier molecular flexibility index (Phi) is 6.26. The van der Waals surface area contributed by atoms with E-state index >= 15 is 0 Å². The van der Waals surface area contributed by atoms with E-state index in [-0.39, 0.29) is 41.2 Å². The van der Waals surface area contributed by atoms with Crippen LogP contribution in [-0.4, -0.2) is 51.0 Å². The van der Waals surface area contributed by atoms with Crippen molar-refractivity contribution in [2.45, 2.75) is 116 Å². The molecule has 7 rings (SSSR count). The molecule has 2 aliphatic heterocycles. The van der Waals surface area contributed by atoms with Crippen LogP contribution in [0.1, 0.15) is 84.8 Å². The zero-order valence-corrected chi connectivity index (χ0v) is 29.5.